The third-order valence-electron chi connectivity index (χ3n) is 3.48. The average Bonchev–Trinajstić information content (AvgIpc) is 3.13. The topological polar surface area (TPSA) is 113 Å². The second kappa shape index (κ2) is 7.08. The van der Waals surface area contributed by atoms with Gasteiger partial charge in [0.2, 0.25) is 5.89 Å². The summed E-state index contributed by atoms with van der Waals surface area (Å²) < 4.78 is 5.83. The third-order valence-corrected chi connectivity index (χ3v) is 4.57. The molecule has 0 aliphatic carbocycles. The summed E-state index contributed by atoms with van der Waals surface area (Å²) in [6.07, 6.45) is 1.67. The van der Waals surface area contributed by atoms with Gasteiger partial charge >= 0.3 is 0 Å². The number of hydrogen-bond donors (Lipinski definition) is 1. The molecule has 0 saturated carbocycles. The minimum Gasteiger partial charge on any atom is -0.440 e. The molecule has 6 nitrogen and oxygen atoms in total. The molecule has 122 valence electrons. The molecule has 3 aromatic rings. The van der Waals surface area contributed by atoms with E-state index in [1.807, 2.05) is 49.4 Å². The van der Waals surface area contributed by atoms with Crippen LogP contribution in [0, 0.1) is 22.7 Å². The Hall–Kier alpha value is -3.29. The van der Waals surface area contributed by atoms with Crippen molar-refractivity contribution in [1.29, 1.82) is 10.5 Å². The molecule has 0 spiro atoms. The number of nitrogen functional groups attached to an aromatic ring is 1. The first-order valence-electron chi connectivity index (χ1n) is 7.41. The van der Waals surface area contributed by atoms with E-state index in [1.54, 1.807) is 6.20 Å². The fourth-order valence-corrected chi connectivity index (χ4v) is 3.13. The number of thioether (sulfide) groups is 1. The van der Waals surface area contributed by atoms with Crippen molar-refractivity contribution in [3.8, 4) is 23.5 Å². The van der Waals surface area contributed by atoms with Crippen molar-refractivity contribution < 1.29 is 4.42 Å². The van der Waals surface area contributed by atoms with E-state index >= 15 is 0 Å². The highest BCUT2D eigenvalue weighted by Gasteiger charge is 2.19. The van der Waals surface area contributed by atoms with Gasteiger partial charge in [0, 0.05) is 5.56 Å². The molecule has 1 aromatic carbocycles. The van der Waals surface area contributed by atoms with Gasteiger partial charge in [-0.3, -0.25) is 0 Å². The Morgan fingerprint density at radius 2 is 1.88 bits per heavy atom. The highest BCUT2D eigenvalue weighted by Crippen LogP contribution is 2.37. The molecule has 2 N–H and O–H groups in total. The summed E-state index contributed by atoms with van der Waals surface area (Å²) in [4.78, 5) is 8.49. The van der Waals surface area contributed by atoms with E-state index in [0.29, 0.717) is 22.2 Å². The van der Waals surface area contributed by atoms with Crippen LogP contribution in [-0.2, 0) is 0 Å². The van der Waals surface area contributed by atoms with Crippen LogP contribution in [-0.4, -0.2) is 9.97 Å². The number of nitrogens with zero attached hydrogens (tertiary/aromatic N) is 4. The number of nitriles is 2. The summed E-state index contributed by atoms with van der Waals surface area (Å²) >= 11 is 1.31. The highest BCUT2D eigenvalue weighted by molar-refractivity contribution is 7.99. The smallest absolute Gasteiger partial charge is 0.208 e. The van der Waals surface area contributed by atoms with Crippen molar-refractivity contribution in [3.05, 3.63) is 59.6 Å². The molecular weight excluding hydrogens is 334 g/mol. The Kier molecular flexibility index (Phi) is 4.69. The fourth-order valence-electron chi connectivity index (χ4n) is 2.20. The molecule has 0 bridgehead atoms. The lowest BCUT2D eigenvalue weighted by Crippen LogP contribution is -2.00. The maximum Gasteiger partial charge on any atom is 0.208 e. The van der Waals surface area contributed by atoms with Gasteiger partial charge in [0.05, 0.1) is 22.6 Å². The van der Waals surface area contributed by atoms with Crippen molar-refractivity contribution in [2.75, 3.05) is 5.73 Å². The summed E-state index contributed by atoms with van der Waals surface area (Å²) in [7, 11) is 0. The van der Waals surface area contributed by atoms with E-state index < -0.39 is 0 Å². The molecule has 0 aliphatic heterocycles. The first kappa shape index (κ1) is 16.6. The minimum atomic E-state index is -0.176. The van der Waals surface area contributed by atoms with Crippen LogP contribution in [0.1, 0.15) is 29.2 Å². The zero-order valence-electron chi connectivity index (χ0n) is 13.3. The number of rotatable bonds is 4. The second-order valence-electron chi connectivity index (χ2n) is 5.19. The third kappa shape index (κ3) is 3.47. The van der Waals surface area contributed by atoms with Crippen LogP contribution >= 0.6 is 11.8 Å². The molecule has 2 aromatic heterocycles. The Bertz CT molecular complexity index is 985. The van der Waals surface area contributed by atoms with Gasteiger partial charge in [0.1, 0.15) is 23.0 Å². The van der Waals surface area contributed by atoms with E-state index in [-0.39, 0.29) is 16.6 Å². The van der Waals surface area contributed by atoms with Crippen molar-refractivity contribution in [2.24, 2.45) is 0 Å². The molecule has 0 amide bonds. The number of hydrogen-bond acceptors (Lipinski definition) is 7. The quantitative estimate of drug-likeness (QED) is 0.712. The van der Waals surface area contributed by atoms with E-state index in [0.717, 1.165) is 5.56 Å². The number of oxazole rings is 1. The van der Waals surface area contributed by atoms with Crippen molar-refractivity contribution in [1.82, 2.24) is 9.97 Å². The Morgan fingerprint density at radius 1 is 1.16 bits per heavy atom. The zero-order valence-corrected chi connectivity index (χ0v) is 14.1. The summed E-state index contributed by atoms with van der Waals surface area (Å²) in [5.41, 5.74) is 7.19. The lowest BCUT2D eigenvalue weighted by atomic mass is 10.2. The fraction of sp³-hybridized carbons (Fsp3) is 0.111. The maximum atomic E-state index is 9.27. The summed E-state index contributed by atoms with van der Waals surface area (Å²) in [6.45, 7) is 1.91. The van der Waals surface area contributed by atoms with Crippen molar-refractivity contribution in [3.63, 3.8) is 0 Å². The van der Waals surface area contributed by atoms with Gasteiger partial charge in [-0.25, -0.2) is 9.97 Å². The monoisotopic (exact) mass is 347 g/mol. The highest BCUT2D eigenvalue weighted by atomic mass is 32.2. The number of benzene rings is 1. The van der Waals surface area contributed by atoms with Crippen LogP contribution in [0.5, 0.6) is 0 Å². The average molecular weight is 347 g/mol. The Labute approximate surface area is 148 Å². The summed E-state index contributed by atoms with van der Waals surface area (Å²) in [5, 5.41) is 18.5. The molecule has 0 radical (unpaired) electrons. The van der Waals surface area contributed by atoms with Crippen molar-refractivity contribution >= 4 is 17.6 Å². The maximum absolute atomic E-state index is 9.27. The molecular formula is C18H13N5OS. The van der Waals surface area contributed by atoms with Crippen LogP contribution in [0.25, 0.3) is 11.3 Å². The van der Waals surface area contributed by atoms with E-state index in [9.17, 15) is 5.26 Å². The van der Waals surface area contributed by atoms with Crippen LogP contribution in [0.15, 0.2) is 52.0 Å². The second-order valence-corrected chi connectivity index (χ2v) is 6.52. The molecule has 1 unspecified atom stereocenters. The van der Waals surface area contributed by atoms with Gasteiger partial charge < -0.3 is 10.2 Å². The predicted molar refractivity (Wildman–Crippen MR) is 94.3 cm³/mol. The standard InChI is InChI=1S/C18H13N5OS/c1-11(17-22-10-15(24-17)12-5-3-2-4-6-12)25-18-14(9-20)7-13(8-19)16(21)23-18/h2-7,10-11H,1H3,(H2,21,23). The first-order chi connectivity index (χ1) is 12.1. The van der Waals surface area contributed by atoms with E-state index in [1.165, 1.54) is 17.8 Å². The molecule has 0 saturated heterocycles. The SMILES string of the molecule is CC(Sc1nc(N)c(C#N)cc1C#N)c1ncc(-c2ccccc2)o1. The number of pyridine rings is 1. The molecule has 0 aliphatic rings. The molecule has 0 fully saturated rings. The van der Waals surface area contributed by atoms with Gasteiger partial charge in [-0.2, -0.15) is 10.5 Å². The van der Waals surface area contributed by atoms with Gasteiger partial charge in [-0.1, -0.05) is 42.1 Å². The largest absolute Gasteiger partial charge is 0.440 e. The molecule has 2 heterocycles. The van der Waals surface area contributed by atoms with Gasteiger partial charge in [0.15, 0.2) is 5.76 Å². The number of nitrogens with two attached hydrogens (primary N) is 1. The van der Waals surface area contributed by atoms with Crippen molar-refractivity contribution in [2.45, 2.75) is 17.2 Å². The van der Waals surface area contributed by atoms with Gasteiger partial charge in [0.25, 0.3) is 0 Å². The van der Waals surface area contributed by atoms with E-state index in [4.69, 9.17) is 15.4 Å². The Balaban J connectivity index is 1.85. The first-order valence-corrected chi connectivity index (χ1v) is 8.29. The lowest BCUT2D eigenvalue weighted by molar-refractivity contribution is 0.510. The van der Waals surface area contributed by atoms with E-state index in [2.05, 4.69) is 9.97 Å². The van der Waals surface area contributed by atoms with Crippen LogP contribution in [0.2, 0.25) is 0 Å². The molecule has 25 heavy (non-hydrogen) atoms. The molecule has 1 atom stereocenters. The number of anilines is 1. The number of aromatic nitrogens is 2. The lowest BCUT2D eigenvalue weighted by Gasteiger charge is -2.09. The molecule has 7 heteroatoms. The van der Waals surface area contributed by atoms with Gasteiger partial charge in [-0.05, 0) is 13.0 Å². The normalized spacial score (nSPS) is 11.5. The van der Waals surface area contributed by atoms with Crippen LogP contribution in [0.3, 0.4) is 0 Å². The zero-order chi connectivity index (χ0) is 17.8. The molecule has 3 rings (SSSR count). The predicted octanol–water partition coefficient (Wildman–Crippen LogP) is 3.92. The minimum absolute atomic E-state index is 0.105. The van der Waals surface area contributed by atoms with Crippen LogP contribution < -0.4 is 5.73 Å². The van der Waals surface area contributed by atoms with Gasteiger partial charge in [-0.15, -0.1) is 0 Å². The van der Waals surface area contributed by atoms with Crippen LogP contribution in [0.4, 0.5) is 5.82 Å². The Morgan fingerprint density at radius 3 is 2.56 bits per heavy atom. The summed E-state index contributed by atoms with van der Waals surface area (Å²) in [5.74, 6) is 1.31. The summed E-state index contributed by atoms with van der Waals surface area (Å²) in [6, 6.07) is 15.1.